The van der Waals surface area contributed by atoms with E-state index in [1.54, 1.807) is 41.3 Å². The van der Waals surface area contributed by atoms with Crippen molar-refractivity contribution >= 4 is 23.8 Å². The molecule has 1 saturated heterocycles. The molecule has 0 unspecified atom stereocenters. The minimum Gasteiger partial charge on any atom is -0.482 e. The normalized spacial score (nSPS) is 16.1. The van der Waals surface area contributed by atoms with Gasteiger partial charge in [0, 0.05) is 20.4 Å². The van der Waals surface area contributed by atoms with Crippen LogP contribution < -0.4 is 9.47 Å². The van der Waals surface area contributed by atoms with Gasteiger partial charge in [-0.2, -0.15) is 0 Å². The van der Waals surface area contributed by atoms with Crippen LogP contribution in [0.4, 0.5) is 0 Å². The van der Waals surface area contributed by atoms with Gasteiger partial charge in [-0.25, -0.2) is 9.59 Å². The molecule has 2 aromatic carbocycles. The fraction of sp³-hybridized carbons (Fsp3) is 0.407. The van der Waals surface area contributed by atoms with Crippen LogP contribution in [0.5, 0.6) is 11.5 Å². The third-order valence-corrected chi connectivity index (χ3v) is 5.91. The maximum Gasteiger partial charge on any atom is 0.341 e. The molecule has 0 aliphatic carbocycles. The number of aliphatic carboxylic acids is 1. The van der Waals surface area contributed by atoms with E-state index in [1.165, 1.54) is 13.8 Å². The first kappa shape index (κ1) is 26.7. The van der Waals surface area contributed by atoms with Crippen LogP contribution in [0.15, 0.2) is 48.5 Å². The predicted molar refractivity (Wildman–Crippen MR) is 130 cm³/mol. The molecule has 0 saturated carbocycles. The van der Waals surface area contributed by atoms with Crippen LogP contribution in [-0.4, -0.2) is 53.0 Å². The Labute approximate surface area is 209 Å². The SMILES string of the molecule is CC(=O)Oc1ccc(CC[C@H](OC(=O)[C@@H]2CCCCN2C(C)=O)c2cccc(OCC(=O)O)c2)cc1. The van der Waals surface area contributed by atoms with Crippen LogP contribution in [0.1, 0.15) is 56.8 Å². The highest BCUT2D eigenvalue weighted by Gasteiger charge is 2.33. The lowest BCUT2D eigenvalue weighted by Gasteiger charge is -2.34. The number of carbonyl (C=O) groups excluding carboxylic acids is 3. The minimum absolute atomic E-state index is 0.162. The highest BCUT2D eigenvalue weighted by molar-refractivity contribution is 5.83. The lowest BCUT2D eigenvalue weighted by Crippen LogP contribution is -2.48. The Kier molecular flexibility index (Phi) is 9.44. The molecule has 9 heteroatoms. The molecule has 192 valence electrons. The fourth-order valence-corrected chi connectivity index (χ4v) is 4.20. The molecule has 0 bridgehead atoms. The summed E-state index contributed by atoms with van der Waals surface area (Å²) in [5.74, 6) is -1.32. The van der Waals surface area contributed by atoms with Crippen LogP contribution in [0.2, 0.25) is 0 Å². The number of likely N-dealkylation sites (tertiary alicyclic amines) is 1. The van der Waals surface area contributed by atoms with Gasteiger partial charge in [0.1, 0.15) is 23.6 Å². The Morgan fingerprint density at radius 1 is 1.03 bits per heavy atom. The van der Waals surface area contributed by atoms with Crippen LogP contribution in [0, 0.1) is 0 Å². The molecule has 9 nitrogen and oxygen atoms in total. The molecule has 1 N–H and O–H groups in total. The highest BCUT2D eigenvalue weighted by atomic mass is 16.5. The largest absolute Gasteiger partial charge is 0.482 e. The first-order valence-electron chi connectivity index (χ1n) is 11.9. The van der Waals surface area contributed by atoms with Gasteiger partial charge >= 0.3 is 17.9 Å². The predicted octanol–water partition coefficient (Wildman–Crippen LogP) is 3.69. The number of amides is 1. The van der Waals surface area contributed by atoms with Crippen LogP contribution in [-0.2, 0) is 30.3 Å². The topological polar surface area (TPSA) is 119 Å². The van der Waals surface area contributed by atoms with E-state index in [1.807, 2.05) is 12.1 Å². The summed E-state index contributed by atoms with van der Waals surface area (Å²) in [5, 5.41) is 8.91. The molecule has 1 aliphatic rings. The van der Waals surface area contributed by atoms with E-state index >= 15 is 0 Å². The van der Waals surface area contributed by atoms with Crippen LogP contribution >= 0.6 is 0 Å². The van der Waals surface area contributed by atoms with Gasteiger partial charge in [-0.1, -0.05) is 24.3 Å². The Bertz CT molecular complexity index is 1080. The summed E-state index contributed by atoms with van der Waals surface area (Å²) in [4.78, 5) is 48.8. The van der Waals surface area contributed by atoms with Crippen LogP contribution in [0.3, 0.4) is 0 Å². The Morgan fingerprint density at radius 3 is 2.44 bits per heavy atom. The Hall–Kier alpha value is -3.88. The number of benzene rings is 2. The van der Waals surface area contributed by atoms with Gasteiger partial charge in [-0.3, -0.25) is 9.59 Å². The van der Waals surface area contributed by atoms with Crippen molar-refractivity contribution in [3.05, 3.63) is 59.7 Å². The maximum absolute atomic E-state index is 13.2. The summed E-state index contributed by atoms with van der Waals surface area (Å²) in [6, 6.07) is 13.2. The number of hydrogen-bond donors (Lipinski definition) is 1. The average molecular weight is 498 g/mol. The Morgan fingerprint density at radius 2 is 1.78 bits per heavy atom. The van der Waals surface area contributed by atoms with Crippen molar-refractivity contribution in [2.24, 2.45) is 0 Å². The van der Waals surface area contributed by atoms with Gasteiger partial charge in [0.25, 0.3) is 0 Å². The zero-order chi connectivity index (χ0) is 26.1. The quantitative estimate of drug-likeness (QED) is 0.390. The monoisotopic (exact) mass is 497 g/mol. The number of piperidine rings is 1. The van der Waals surface area contributed by atoms with E-state index in [0.717, 1.165) is 18.4 Å². The second-order valence-electron chi connectivity index (χ2n) is 8.68. The van der Waals surface area contributed by atoms with Gasteiger partial charge in [0.15, 0.2) is 6.61 Å². The van der Waals surface area contributed by atoms with Gasteiger partial charge in [0.2, 0.25) is 5.91 Å². The van der Waals surface area contributed by atoms with Crippen molar-refractivity contribution in [3.8, 4) is 11.5 Å². The second-order valence-corrected chi connectivity index (χ2v) is 8.68. The number of hydrogen-bond acceptors (Lipinski definition) is 7. The molecule has 0 radical (unpaired) electrons. The molecule has 0 aromatic heterocycles. The molecular weight excluding hydrogens is 466 g/mol. The number of nitrogens with zero attached hydrogens (tertiary/aromatic N) is 1. The van der Waals surface area contributed by atoms with E-state index in [4.69, 9.17) is 19.3 Å². The van der Waals surface area contributed by atoms with Crippen molar-refractivity contribution in [3.63, 3.8) is 0 Å². The molecule has 1 amide bonds. The third-order valence-electron chi connectivity index (χ3n) is 5.91. The summed E-state index contributed by atoms with van der Waals surface area (Å²) in [6.45, 7) is 2.82. The molecule has 36 heavy (non-hydrogen) atoms. The van der Waals surface area contributed by atoms with Crippen molar-refractivity contribution in [1.82, 2.24) is 4.90 Å². The summed E-state index contributed by atoms with van der Waals surface area (Å²) in [6.07, 6.45) is 2.58. The average Bonchev–Trinajstić information content (AvgIpc) is 2.85. The fourth-order valence-electron chi connectivity index (χ4n) is 4.20. The van der Waals surface area contributed by atoms with Crippen molar-refractivity contribution < 1.29 is 38.5 Å². The molecule has 2 atom stereocenters. The lowest BCUT2D eigenvalue weighted by atomic mass is 9.99. The van der Waals surface area contributed by atoms with E-state index in [-0.39, 0.29) is 5.91 Å². The van der Waals surface area contributed by atoms with E-state index in [9.17, 15) is 19.2 Å². The number of esters is 2. The summed E-state index contributed by atoms with van der Waals surface area (Å²) in [5.41, 5.74) is 1.61. The molecule has 0 spiro atoms. The number of ether oxygens (including phenoxy) is 3. The summed E-state index contributed by atoms with van der Waals surface area (Å²) < 4.78 is 16.3. The summed E-state index contributed by atoms with van der Waals surface area (Å²) in [7, 11) is 0. The standard InChI is InChI=1S/C27H31NO8/c1-18(29)28-15-4-3-8-24(28)27(33)36-25(21-6-5-7-23(16-21)34-17-26(31)32)14-11-20-9-12-22(13-10-20)35-19(2)30/h5-7,9-10,12-13,16,24-25H,3-4,8,11,14-15,17H2,1-2H3,(H,31,32)/t24-,25-/m0/s1. The number of rotatable bonds is 10. The first-order chi connectivity index (χ1) is 17.2. The zero-order valence-corrected chi connectivity index (χ0v) is 20.5. The van der Waals surface area contributed by atoms with E-state index in [0.29, 0.717) is 42.9 Å². The first-order valence-corrected chi connectivity index (χ1v) is 11.9. The minimum atomic E-state index is -1.10. The van der Waals surface area contributed by atoms with Crippen LogP contribution in [0.25, 0.3) is 0 Å². The third kappa shape index (κ3) is 7.83. The van der Waals surface area contributed by atoms with Gasteiger partial charge in [0.05, 0.1) is 0 Å². The van der Waals surface area contributed by atoms with E-state index in [2.05, 4.69) is 0 Å². The van der Waals surface area contributed by atoms with Crippen molar-refractivity contribution in [2.45, 2.75) is 58.1 Å². The molecule has 1 heterocycles. The Balaban J connectivity index is 1.78. The number of carbonyl (C=O) groups is 4. The molecule has 1 fully saturated rings. The smallest absolute Gasteiger partial charge is 0.341 e. The second kappa shape index (κ2) is 12.7. The van der Waals surface area contributed by atoms with Gasteiger partial charge in [-0.05, 0) is 67.5 Å². The number of carboxylic acids is 1. The number of carboxylic acid groups (broad SMARTS) is 1. The molecule has 1 aliphatic heterocycles. The lowest BCUT2D eigenvalue weighted by molar-refractivity contribution is -0.161. The van der Waals surface area contributed by atoms with Gasteiger partial charge < -0.3 is 24.2 Å². The molecule has 3 rings (SSSR count). The van der Waals surface area contributed by atoms with Crippen molar-refractivity contribution in [1.29, 1.82) is 0 Å². The van der Waals surface area contributed by atoms with E-state index < -0.39 is 36.7 Å². The van der Waals surface area contributed by atoms with Gasteiger partial charge in [-0.15, -0.1) is 0 Å². The highest BCUT2D eigenvalue weighted by Crippen LogP contribution is 2.29. The molecular formula is C27H31NO8. The summed E-state index contributed by atoms with van der Waals surface area (Å²) >= 11 is 0. The number of aryl methyl sites for hydroxylation is 1. The molecule has 2 aromatic rings. The van der Waals surface area contributed by atoms with Crippen molar-refractivity contribution in [2.75, 3.05) is 13.2 Å². The zero-order valence-electron chi connectivity index (χ0n) is 20.5. The maximum atomic E-state index is 13.2.